The molecule has 1 aromatic carbocycles. The van der Waals surface area contributed by atoms with Crippen LogP contribution in [0.25, 0.3) is 0 Å². The largest absolute Gasteiger partial charge is 0.397 e. The van der Waals surface area contributed by atoms with Crippen LogP contribution in [0, 0.1) is 0 Å². The molecule has 0 unspecified atom stereocenters. The van der Waals surface area contributed by atoms with E-state index >= 15 is 0 Å². The summed E-state index contributed by atoms with van der Waals surface area (Å²) in [6.07, 6.45) is 1.19. The second kappa shape index (κ2) is 8.79. The first-order valence-electron chi connectivity index (χ1n) is 6.75. The van der Waals surface area contributed by atoms with Crippen LogP contribution < -0.4 is 11.1 Å². The zero-order valence-electron chi connectivity index (χ0n) is 11.7. The van der Waals surface area contributed by atoms with Crippen LogP contribution in [0.1, 0.15) is 19.8 Å². The van der Waals surface area contributed by atoms with Crippen molar-refractivity contribution in [1.29, 1.82) is 0 Å². The smallest absolute Gasteiger partial charge is 0.224 e. The number of carbonyl (C=O) groups excluding carboxylic acids is 1. The van der Waals surface area contributed by atoms with Crippen molar-refractivity contribution < 1.29 is 9.90 Å². The Labute approximate surface area is 124 Å². The molecular formula is C14H22ClN3O2. The molecule has 0 aromatic heterocycles. The van der Waals surface area contributed by atoms with E-state index < -0.39 is 0 Å². The van der Waals surface area contributed by atoms with Crippen molar-refractivity contribution in [2.24, 2.45) is 0 Å². The van der Waals surface area contributed by atoms with Crippen LogP contribution in [0.5, 0.6) is 0 Å². The highest BCUT2D eigenvalue weighted by Crippen LogP contribution is 2.22. The van der Waals surface area contributed by atoms with Gasteiger partial charge in [-0.1, -0.05) is 18.5 Å². The summed E-state index contributed by atoms with van der Waals surface area (Å²) in [5, 5.41) is 12.1. The molecule has 0 saturated heterocycles. The quantitative estimate of drug-likeness (QED) is 0.641. The Morgan fingerprint density at radius 2 is 2.20 bits per heavy atom. The fraction of sp³-hybridized carbons (Fsp3) is 0.500. The summed E-state index contributed by atoms with van der Waals surface area (Å²) in [6, 6.07) is 5.03. The van der Waals surface area contributed by atoms with Crippen LogP contribution in [-0.4, -0.2) is 42.2 Å². The van der Waals surface area contributed by atoms with Gasteiger partial charge in [-0.2, -0.15) is 0 Å². The van der Waals surface area contributed by atoms with Crippen LogP contribution in [-0.2, 0) is 4.79 Å². The van der Waals surface area contributed by atoms with Gasteiger partial charge in [0.15, 0.2) is 0 Å². The average molecular weight is 300 g/mol. The Balaban J connectivity index is 2.34. The van der Waals surface area contributed by atoms with Crippen molar-refractivity contribution in [3.8, 4) is 0 Å². The minimum absolute atomic E-state index is 0.0493. The highest BCUT2D eigenvalue weighted by atomic mass is 35.5. The van der Waals surface area contributed by atoms with Gasteiger partial charge in [0.1, 0.15) is 0 Å². The number of carbonyl (C=O) groups is 1. The molecule has 1 amide bonds. The predicted molar refractivity (Wildman–Crippen MR) is 82.9 cm³/mol. The van der Waals surface area contributed by atoms with Crippen LogP contribution in [0.15, 0.2) is 18.2 Å². The lowest BCUT2D eigenvalue weighted by Gasteiger charge is -2.18. The molecule has 0 aliphatic rings. The second-order valence-corrected chi connectivity index (χ2v) is 4.95. The highest BCUT2D eigenvalue weighted by Gasteiger charge is 2.06. The van der Waals surface area contributed by atoms with Crippen molar-refractivity contribution in [2.75, 3.05) is 37.3 Å². The van der Waals surface area contributed by atoms with Crippen molar-refractivity contribution in [3.05, 3.63) is 23.2 Å². The molecule has 0 aliphatic carbocycles. The van der Waals surface area contributed by atoms with Gasteiger partial charge < -0.3 is 21.1 Å². The molecule has 0 radical (unpaired) electrons. The van der Waals surface area contributed by atoms with E-state index in [2.05, 4.69) is 10.2 Å². The Morgan fingerprint density at radius 1 is 1.45 bits per heavy atom. The molecule has 112 valence electrons. The molecule has 0 fully saturated rings. The third-order valence-corrected chi connectivity index (χ3v) is 3.37. The van der Waals surface area contributed by atoms with Gasteiger partial charge >= 0.3 is 0 Å². The number of nitrogens with zero attached hydrogens (tertiary/aromatic N) is 1. The summed E-state index contributed by atoms with van der Waals surface area (Å²) in [6.45, 7) is 4.49. The molecule has 4 N–H and O–H groups in total. The van der Waals surface area contributed by atoms with Gasteiger partial charge in [0, 0.05) is 18.7 Å². The number of benzene rings is 1. The van der Waals surface area contributed by atoms with Crippen LogP contribution in [0.4, 0.5) is 11.4 Å². The SMILES string of the molecule is CCN(CCO)CCCC(=O)Nc1ccc(Cl)c(N)c1. The van der Waals surface area contributed by atoms with E-state index in [0.717, 1.165) is 19.5 Å². The van der Waals surface area contributed by atoms with E-state index in [-0.39, 0.29) is 12.5 Å². The third-order valence-electron chi connectivity index (χ3n) is 3.02. The number of rotatable bonds is 8. The first-order valence-corrected chi connectivity index (χ1v) is 7.12. The number of nitrogen functional groups attached to an aromatic ring is 1. The summed E-state index contributed by atoms with van der Waals surface area (Å²) < 4.78 is 0. The number of nitrogens with two attached hydrogens (primary N) is 1. The van der Waals surface area contributed by atoms with E-state index in [9.17, 15) is 4.79 Å². The fourth-order valence-corrected chi connectivity index (χ4v) is 2.00. The van der Waals surface area contributed by atoms with Crippen LogP contribution in [0.3, 0.4) is 0 Å². The van der Waals surface area contributed by atoms with Crippen LogP contribution in [0.2, 0.25) is 5.02 Å². The topological polar surface area (TPSA) is 78.6 Å². The number of halogens is 1. The third kappa shape index (κ3) is 5.77. The van der Waals surface area contributed by atoms with E-state index in [1.165, 1.54) is 0 Å². The summed E-state index contributed by atoms with van der Waals surface area (Å²) in [5.74, 6) is -0.0493. The molecule has 20 heavy (non-hydrogen) atoms. The lowest BCUT2D eigenvalue weighted by Crippen LogP contribution is -2.28. The molecule has 6 heteroatoms. The number of likely N-dealkylation sites (N-methyl/N-ethyl adjacent to an activating group) is 1. The van der Waals surface area contributed by atoms with E-state index in [1.807, 2.05) is 6.92 Å². The number of anilines is 2. The Bertz CT molecular complexity index is 440. The average Bonchev–Trinajstić information content (AvgIpc) is 2.42. The Hall–Kier alpha value is -1.30. The van der Waals surface area contributed by atoms with Crippen molar-refractivity contribution in [2.45, 2.75) is 19.8 Å². The lowest BCUT2D eigenvalue weighted by atomic mass is 10.2. The highest BCUT2D eigenvalue weighted by molar-refractivity contribution is 6.33. The minimum atomic E-state index is -0.0493. The maximum absolute atomic E-state index is 11.8. The molecule has 0 aliphatic heterocycles. The summed E-state index contributed by atoms with van der Waals surface area (Å²) in [4.78, 5) is 13.9. The normalized spacial score (nSPS) is 10.8. The minimum Gasteiger partial charge on any atom is -0.397 e. The molecule has 0 heterocycles. The molecule has 1 aromatic rings. The van der Waals surface area contributed by atoms with Gasteiger partial charge in [-0.3, -0.25) is 4.79 Å². The lowest BCUT2D eigenvalue weighted by molar-refractivity contribution is -0.116. The first-order chi connectivity index (χ1) is 9.56. The number of hydrogen-bond acceptors (Lipinski definition) is 4. The van der Waals surface area contributed by atoms with Gasteiger partial charge in [-0.15, -0.1) is 0 Å². The van der Waals surface area contributed by atoms with Crippen molar-refractivity contribution in [3.63, 3.8) is 0 Å². The van der Waals surface area contributed by atoms with Gasteiger partial charge in [0.05, 0.1) is 17.3 Å². The molecule has 1 rings (SSSR count). The van der Waals surface area contributed by atoms with Crippen molar-refractivity contribution >= 4 is 28.9 Å². The zero-order valence-corrected chi connectivity index (χ0v) is 12.5. The standard InChI is InChI=1S/C14H22ClN3O2/c1-2-18(8-9-19)7-3-4-14(20)17-11-5-6-12(15)13(16)10-11/h5-6,10,19H,2-4,7-9,16H2,1H3,(H,17,20). The maximum Gasteiger partial charge on any atom is 0.224 e. The molecule has 0 saturated carbocycles. The number of amides is 1. The number of nitrogens with one attached hydrogen (secondary N) is 1. The molecule has 0 spiro atoms. The van der Waals surface area contributed by atoms with Gasteiger partial charge in [0.2, 0.25) is 5.91 Å². The summed E-state index contributed by atoms with van der Waals surface area (Å²) >= 11 is 5.82. The Kier molecular flexibility index (Phi) is 7.36. The first kappa shape index (κ1) is 16.8. The van der Waals surface area contributed by atoms with Crippen LogP contribution >= 0.6 is 11.6 Å². The van der Waals surface area contributed by atoms with Gasteiger partial charge in [-0.25, -0.2) is 0 Å². The monoisotopic (exact) mass is 299 g/mol. The van der Waals surface area contributed by atoms with E-state index in [0.29, 0.717) is 29.4 Å². The zero-order chi connectivity index (χ0) is 15.0. The maximum atomic E-state index is 11.8. The fourth-order valence-electron chi connectivity index (χ4n) is 1.88. The van der Waals surface area contributed by atoms with Gasteiger partial charge in [-0.05, 0) is 37.7 Å². The number of aliphatic hydroxyl groups excluding tert-OH is 1. The van der Waals surface area contributed by atoms with E-state index in [1.54, 1.807) is 18.2 Å². The molecular weight excluding hydrogens is 278 g/mol. The number of hydrogen-bond donors (Lipinski definition) is 3. The summed E-state index contributed by atoms with van der Waals surface area (Å²) in [7, 11) is 0. The van der Waals surface area contributed by atoms with E-state index in [4.69, 9.17) is 22.4 Å². The Morgan fingerprint density at radius 3 is 2.80 bits per heavy atom. The molecule has 5 nitrogen and oxygen atoms in total. The van der Waals surface area contributed by atoms with Crippen molar-refractivity contribution in [1.82, 2.24) is 4.90 Å². The van der Waals surface area contributed by atoms with Gasteiger partial charge in [0.25, 0.3) is 0 Å². The molecule has 0 atom stereocenters. The second-order valence-electron chi connectivity index (χ2n) is 4.55. The number of aliphatic hydroxyl groups is 1. The molecule has 0 bridgehead atoms. The summed E-state index contributed by atoms with van der Waals surface area (Å²) in [5.41, 5.74) is 6.78. The predicted octanol–water partition coefficient (Wildman–Crippen LogP) is 1.96.